The number of nitrogens with one attached hydrogen (secondary N) is 1. The molecule has 0 spiro atoms. The SMILES string of the molecule is O=C(NCC(O)C(O)c1cc(F)ccc1[N+](=O)[O-])OCc1ccccc1. The highest BCUT2D eigenvalue weighted by atomic mass is 19.1. The molecule has 0 radical (unpaired) electrons. The molecule has 1 amide bonds. The number of hydrogen-bond donors (Lipinski definition) is 3. The lowest BCUT2D eigenvalue weighted by molar-refractivity contribution is -0.386. The van der Waals surface area contributed by atoms with Crippen LogP contribution in [0.25, 0.3) is 0 Å². The van der Waals surface area contributed by atoms with E-state index < -0.39 is 41.3 Å². The Morgan fingerprint density at radius 3 is 2.58 bits per heavy atom. The third kappa shape index (κ3) is 5.23. The van der Waals surface area contributed by atoms with Crippen molar-refractivity contribution in [2.75, 3.05) is 6.54 Å². The fourth-order valence-corrected chi connectivity index (χ4v) is 2.21. The number of nitro groups is 1. The number of halogens is 1. The molecule has 9 heteroatoms. The lowest BCUT2D eigenvalue weighted by Gasteiger charge is -2.18. The van der Waals surface area contributed by atoms with Gasteiger partial charge in [-0.05, 0) is 17.7 Å². The van der Waals surface area contributed by atoms with Crippen LogP contribution in [0.15, 0.2) is 48.5 Å². The molecule has 8 nitrogen and oxygen atoms in total. The summed E-state index contributed by atoms with van der Waals surface area (Å²) in [4.78, 5) is 21.8. The van der Waals surface area contributed by atoms with Crippen molar-refractivity contribution in [3.05, 3.63) is 75.6 Å². The molecule has 0 bridgehead atoms. The highest BCUT2D eigenvalue weighted by molar-refractivity contribution is 5.67. The number of amides is 1. The number of carbonyl (C=O) groups is 1. The molecule has 2 atom stereocenters. The second kappa shape index (κ2) is 8.88. The number of carbonyl (C=O) groups excluding carboxylic acids is 1. The van der Waals surface area contributed by atoms with Gasteiger partial charge >= 0.3 is 6.09 Å². The molecule has 0 saturated carbocycles. The van der Waals surface area contributed by atoms with E-state index in [1.54, 1.807) is 24.3 Å². The number of rotatable bonds is 7. The largest absolute Gasteiger partial charge is 0.445 e. The van der Waals surface area contributed by atoms with Crippen LogP contribution in [0.4, 0.5) is 14.9 Å². The lowest BCUT2D eigenvalue weighted by Crippen LogP contribution is -2.36. The van der Waals surface area contributed by atoms with Gasteiger partial charge in [-0.2, -0.15) is 0 Å². The molecule has 0 saturated heterocycles. The predicted octanol–water partition coefficient (Wildman–Crippen LogP) is 2.05. The summed E-state index contributed by atoms with van der Waals surface area (Å²) in [5.41, 5.74) is -0.162. The zero-order valence-corrected chi connectivity index (χ0v) is 13.5. The van der Waals surface area contributed by atoms with Gasteiger partial charge in [0.25, 0.3) is 5.69 Å². The van der Waals surface area contributed by atoms with Crippen molar-refractivity contribution < 1.29 is 29.1 Å². The third-order valence-electron chi connectivity index (χ3n) is 3.54. The number of hydrogen-bond acceptors (Lipinski definition) is 6. The molecule has 138 valence electrons. The number of aliphatic hydroxyl groups excluding tert-OH is 2. The number of alkyl carbamates (subject to hydrolysis) is 1. The van der Waals surface area contributed by atoms with Crippen LogP contribution >= 0.6 is 0 Å². The molecule has 2 rings (SSSR count). The summed E-state index contributed by atoms with van der Waals surface area (Å²) in [5, 5.41) is 33.2. The van der Waals surface area contributed by atoms with E-state index in [2.05, 4.69) is 5.32 Å². The summed E-state index contributed by atoms with van der Waals surface area (Å²) in [6, 6.07) is 11.4. The van der Waals surface area contributed by atoms with Crippen molar-refractivity contribution >= 4 is 11.8 Å². The van der Waals surface area contributed by atoms with E-state index in [1.165, 1.54) is 0 Å². The van der Waals surface area contributed by atoms with Gasteiger partial charge < -0.3 is 20.3 Å². The van der Waals surface area contributed by atoms with Gasteiger partial charge in [0, 0.05) is 12.6 Å². The minimum atomic E-state index is -1.76. The Kier molecular flexibility index (Phi) is 6.59. The molecule has 2 unspecified atom stereocenters. The van der Waals surface area contributed by atoms with Gasteiger partial charge in [-0.1, -0.05) is 30.3 Å². The van der Waals surface area contributed by atoms with Crippen molar-refractivity contribution in [2.24, 2.45) is 0 Å². The second-order valence-corrected chi connectivity index (χ2v) is 5.42. The molecule has 0 heterocycles. The molecule has 0 aromatic heterocycles. The summed E-state index contributed by atoms with van der Waals surface area (Å²) >= 11 is 0. The molecule has 2 aromatic rings. The van der Waals surface area contributed by atoms with Crippen LogP contribution in [0.1, 0.15) is 17.2 Å². The Labute approximate surface area is 148 Å². The molecule has 2 aromatic carbocycles. The maximum Gasteiger partial charge on any atom is 0.407 e. The average Bonchev–Trinajstić information content (AvgIpc) is 2.64. The first-order valence-electron chi connectivity index (χ1n) is 7.63. The Morgan fingerprint density at radius 2 is 1.92 bits per heavy atom. The van der Waals surface area contributed by atoms with Crippen LogP contribution in [-0.4, -0.2) is 33.9 Å². The molecule has 0 fully saturated rings. The molecule has 0 aliphatic rings. The molecular weight excluding hydrogens is 347 g/mol. The van der Waals surface area contributed by atoms with Gasteiger partial charge in [0.2, 0.25) is 0 Å². The Morgan fingerprint density at radius 1 is 1.23 bits per heavy atom. The van der Waals surface area contributed by atoms with E-state index in [9.17, 15) is 29.5 Å². The first kappa shape index (κ1) is 19.3. The number of nitro benzene ring substituents is 1. The quantitative estimate of drug-likeness (QED) is 0.511. The zero-order valence-electron chi connectivity index (χ0n) is 13.5. The summed E-state index contributed by atoms with van der Waals surface area (Å²) in [7, 11) is 0. The smallest absolute Gasteiger partial charge is 0.407 e. The van der Waals surface area contributed by atoms with Crippen molar-refractivity contribution in [3.63, 3.8) is 0 Å². The van der Waals surface area contributed by atoms with E-state index in [-0.39, 0.29) is 12.2 Å². The lowest BCUT2D eigenvalue weighted by atomic mass is 10.0. The summed E-state index contributed by atoms with van der Waals surface area (Å²) in [5.74, 6) is -0.799. The molecule has 0 aliphatic heterocycles. The molecule has 3 N–H and O–H groups in total. The summed E-state index contributed by atoms with van der Waals surface area (Å²) < 4.78 is 18.2. The summed E-state index contributed by atoms with van der Waals surface area (Å²) in [6.45, 7) is -0.427. The zero-order chi connectivity index (χ0) is 19.1. The van der Waals surface area contributed by atoms with Crippen LogP contribution in [0.5, 0.6) is 0 Å². The topological polar surface area (TPSA) is 122 Å². The van der Waals surface area contributed by atoms with E-state index >= 15 is 0 Å². The van der Waals surface area contributed by atoms with Crippen LogP contribution in [0.3, 0.4) is 0 Å². The van der Waals surface area contributed by atoms with Crippen molar-refractivity contribution in [1.82, 2.24) is 5.32 Å². The molecule has 0 aliphatic carbocycles. The molecular formula is C17H17FN2O6. The van der Waals surface area contributed by atoms with Crippen LogP contribution in [0, 0.1) is 15.9 Å². The minimum Gasteiger partial charge on any atom is -0.445 e. The predicted molar refractivity (Wildman–Crippen MR) is 88.7 cm³/mol. The van der Waals surface area contributed by atoms with Gasteiger partial charge in [0.1, 0.15) is 24.6 Å². The molecule has 26 heavy (non-hydrogen) atoms. The number of aliphatic hydroxyl groups is 2. The van der Waals surface area contributed by atoms with Crippen molar-refractivity contribution in [1.29, 1.82) is 0 Å². The van der Waals surface area contributed by atoms with Gasteiger partial charge in [-0.25, -0.2) is 9.18 Å². The fraction of sp³-hybridized carbons (Fsp3) is 0.235. The third-order valence-corrected chi connectivity index (χ3v) is 3.54. The normalized spacial score (nSPS) is 12.9. The summed E-state index contributed by atoms with van der Waals surface area (Å²) in [6.07, 6.45) is -4.20. The highest BCUT2D eigenvalue weighted by Crippen LogP contribution is 2.28. The van der Waals surface area contributed by atoms with Crippen LogP contribution < -0.4 is 5.32 Å². The first-order valence-corrected chi connectivity index (χ1v) is 7.63. The number of nitrogens with zero attached hydrogens (tertiary/aromatic N) is 1. The van der Waals surface area contributed by atoms with Crippen LogP contribution in [0.2, 0.25) is 0 Å². The maximum atomic E-state index is 13.3. The Balaban J connectivity index is 1.91. The minimum absolute atomic E-state index is 0.0146. The van der Waals surface area contributed by atoms with Gasteiger partial charge in [0.05, 0.1) is 10.5 Å². The van der Waals surface area contributed by atoms with Gasteiger partial charge in [-0.15, -0.1) is 0 Å². The van der Waals surface area contributed by atoms with Gasteiger partial charge in [-0.3, -0.25) is 10.1 Å². The number of benzene rings is 2. The van der Waals surface area contributed by atoms with E-state index in [4.69, 9.17) is 4.74 Å². The van der Waals surface area contributed by atoms with E-state index in [0.29, 0.717) is 0 Å². The Bertz CT molecular complexity index is 771. The van der Waals surface area contributed by atoms with E-state index in [1.807, 2.05) is 6.07 Å². The Hall–Kier alpha value is -3.04. The van der Waals surface area contributed by atoms with Crippen molar-refractivity contribution in [2.45, 2.75) is 18.8 Å². The standard InChI is InChI=1S/C17H17FN2O6/c18-12-6-7-14(20(24)25)13(8-12)16(22)15(21)9-19-17(23)26-10-11-4-2-1-3-5-11/h1-8,15-16,21-22H,9-10H2,(H,19,23). The van der Waals surface area contributed by atoms with Crippen LogP contribution in [-0.2, 0) is 11.3 Å². The van der Waals surface area contributed by atoms with Crippen molar-refractivity contribution in [3.8, 4) is 0 Å². The number of ether oxygens (including phenoxy) is 1. The average molecular weight is 364 g/mol. The van der Waals surface area contributed by atoms with Gasteiger partial charge in [0.15, 0.2) is 0 Å². The monoisotopic (exact) mass is 364 g/mol. The van der Waals surface area contributed by atoms with E-state index in [0.717, 1.165) is 23.8 Å². The first-order chi connectivity index (χ1) is 12.4. The fourth-order valence-electron chi connectivity index (χ4n) is 2.21. The highest BCUT2D eigenvalue weighted by Gasteiger charge is 2.27. The second-order valence-electron chi connectivity index (χ2n) is 5.42. The maximum absolute atomic E-state index is 13.3.